The highest BCUT2D eigenvalue weighted by Gasteiger charge is 2.20. The van der Waals surface area contributed by atoms with E-state index in [1.807, 2.05) is 55.5 Å². The maximum Gasteiger partial charge on any atom is 0.287 e. The molecule has 6 nitrogen and oxygen atoms in total. The Hall–Kier alpha value is -2.83. The van der Waals surface area contributed by atoms with E-state index in [9.17, 15) is 4.79 Å². The van der Waals surface area contributed by atoms with Gasteiger partial charge in [0.15, 0.2) is 17.1 Å². The Morgan fingerprint density at radius 2 is 1.93 bits per heavy atom. The van der Waals surface area contributed by atoms with E-state index in [4.69, 9.17) is 13.9 Å². The van der Waals surface area contributed by atoms with E-state index in [1.165, 1.54) is 0 Å². The van der Waals surface area contributed by atoms with E-state index in [0.29, 0.717) is 11.3 Å². The number of ether oxygens (including phenoxy) is 2. The van der Waals surface area contributed by atoms with Crippen LogP contribution >= 0.6 is 0 Å². The highest BCUT2D eigenvalue weighted by molar-refractivity contribution is 5.98. The highest BCUT2D eigenvalue weighted by atomic mass is 16.5. The Balaban J connectivity index is 1.59. The summed E-state index contributed by atoms with van der Waals surface area (Å²) in [6.07, 6.45) is 0. The smallest absolute Gasteiger partial charge is 0.287 e. The molecular weight excluding hydrogens is 368 g/mol. The number of nitrogens with one attached hydrogen (secondary N) is 1. The fraction of sp³-hybridized carbons (Fsp3) is 0.348. The Morgan fingerprint density at radius 3 is 2.66 bits per heavy atom. The third kappa shape index (κ3) is 4.28. The topological polar surface area (TPSA) is 63.9 Å². The molecule has 1 aromatic heterocycles. The van der Waals surface area contributed by atoms with Crippen LogP contribution in [0.4, 0.5) is 0 Å². The molecule has 0 aliphatic carbocycles. The summed E-state index contributed by atoms with van der Waals surface area (Å²) in [6.45, 7) is 6.03. The van der Waals surface area contributed by atoms with Gasteiger partial charge in [-0.25, -0.2) is 0 Å². The third-order valence-electron chi connectivity index (χ3n) is 5.33. The van der Waals surface area contributed by atoms with Crippen molar-refractivity contribution in [2.75, 3.05) is 33.4 Å². The number of rotatable bonds is 6. The minimum Gasteiger partial charge on any atom is -0.493 e. The molecule has 1 aliphatic rings. The fourth-order valence-electron chi connectivity index (χ4n) is 3.66. The molecule has 1 N–H and O–H groups in total. The van der Waals surface area contributed by atoms with E-state index in [0.717, 1.165) is 49.4 Å². The van der Waals surface area contributed by atoms with Gasteiger partial charge < -0.3 is 19.2 Å². The second kappa shape index (κ2) is 8.68. The van der Waals surface area contributed by atoms with Crippen LogP contribution in [0.25, 0.3) is 11.0 Å². The fourth-order valence-corrected chi connectivity index (χ4v) is 3.66. The molecule has 4 rings (SSSR count). The van der Waals surface area contributed by atoms with Crippen molar-refractivity contribution in [2.24, 2.45) is 0 Å². The van der Waals surface area contributed by atoms with E-state index in [1.54, 1.807) is 7.11 Å². The van der Waals surface area contributed by atoms with E-state index < -0.39 is 0 Å². The van der Waals surface area contributed by atoms with Crippen LogP contribution in [0.2, 0.25) is 0 Å². The number of morpholine rings is 1. The molecule has 29 heavy (non-hydrogen) atoms. The average Bonchev–Trinajstić information content (AvgIpc) is 3.21. The van der Waals surface area contributed by atoms with Crippen LogP contribution in [0.3, 0.4) is 0 Å². The summed E-state index contributed by atoms with van der Waals surface area (Å²) in [6, 6.07) is 15.5. The van der Waals surface area contributed by atoms with Crippen molar-refractivity contribution in [2.45, 2.75) is 19.5 Å². The summed E-state index contributed by atoms with van der Waals surface area (Å²) < 4.78 is 16.8. The summed E-state index contributed by atoms with van der Waals surface area (Å²) in [5, 5.41) is 3.92. The van der Waals surface area contributed by atoms with Crippen molar-refractivity contribution in [3.05, 3.63) is 65.4 Å². The van der Waals surface area contributed by atoms with Gasteiger partial charge in [0.1, 0.15) is 0 Å². The van der Waals surface area contributed by atoms with Gasteiger partial charge in [-0.05, 0) is 30.2 Å². The lowest BCUT2D eigenvalue weighted by Gasteiger charge is -2.26. The molecule has 6 heteroatoms. The maximum atomic E-state index is 12.8. The van der Waals surface area contributed by atoms with E-state index >= 15 is 0 Å². The molecule has 1 saturated heterocycles. The summed E-state index contributed by atoms with van der Waals surface area (Å²) in [7, 11) is 1.61. The average molecular weight is 394 g/mol. The number of amides is 1. The Labute approximate surface area is 170 Å². The molecule has 0 unspecified atom stereocenters. The Kier molecular flexibility index (Phi) is 5.83. The SMILES string of the molecule is COc1ccc(CN2CCOCC2)c2cc(C(=O)N[C@@H](C)c3ccccc3)oc12. The van der Waals surface area contributed by atoms with Crippen molar-refractivity contribution in [3.8, 4) is 5.75 Å². The third-order valence-corrected chi connectivity index (χ3v) is 5.33. The van der Waals surface area contributed by atoms with Crippen LogP contribution in [0.1, 0.15) is 34.6 Å². The lowest BCUT2D eigenvalue weighted by Crippen LogP contribution is -2.35. The second-order valence-electron chi connectivity index (χ2n) is 7.27. The van der Waals surface area contributed by atoms with Crippen LogP contribution in [0, 0.1) is 0 Å². The lowest BCUT2D eigenvalue weighted by molar-refractivity contribution is 0.0343. The molecule has 1 atom stereocenters. The number of methoxy groups -OCH3 is 1. The number of hydrogen-bond acceptors (Lipinski definition) is 5. The van der Waals surface area contributed by atoms with Gasteiger partial charge in [-0.3, -0.25) is 9.69 Å². The zero-order chi connectivity index (χ0) is 20.2. The number of carbonyl (C=O) groups excluding carboxylic acids is 1. The van der Waals surface area contributed by atoms with Gasteiger partial charge >= 0.3 is 0 Å². The maximum absolute atomic E-state index is 12.8. The summed E-state index contributed by atoms with van der Waals surface area (Å²) in [4.78, 5) is 15.2. The van der Waals surface area contributed by atoms with Crippen LogP contribution < -0.4 is 10.1 Å². The quantitative estimate of drug-likeness (QED) is 0.690. The first-order chi connectivity index (χ1) is 14.2. The molecule has 2 aromatic carbocycles. The van der Waals surface area contributed by atoms with Crippen LogP contribution in [0.15, 0.2) is 52.9 Å². The monoisotopic (exact) mass is 394 g/mol. The minimum absolute atomic E-state index is 0.119. The molecule has 152 valence electrons. The van der Waals surface area contributed by atoms with E-state index in [-0.39, 0.29) is 17.7 Å². The summed E-state index contributed by atoms with van der Waals surface area (Å²) >= 11 is 0. The standard InChI is InChI=1S/C23H26N2O4/c1-16(17-6-4-3-5-7-17)24-23(26)21-14-19-18(15-25-10-12-28-13-11-25)8-9-20(27-2)22(19)29-21/h3-9,14,16H,10-13,15H2,1-2H3,(H,24,26)/t16-/m0/s1. The predicted molar refractivity (Wildman–Crippen MR) is 111 cm³/mol. The van der Waals surface area contributed by atoms with Gasteiger partial charge in [0, 0.05) is 25.0 Å². The van der Waals surface area contributed by atoms with Gasteiger partial charge in [0.05, 0.1) is 26.4 Å². The number of hydrogen-bond donors (Lipinski definition) is 1. The largest absolute Gasteiger partial charge is 0.493 e. The first-order valence-electron chi connectivity index (χ1n) is 9.91. The normalized spacial score (nSPS) is 15.9. The number of carbonyl (C=O) groups is 1. The molecule has 3 aromatic rings. The number of nitrogens with zero attached hydrogens (tertiary/aromatic N) is 1. The van der Waals surface area contributed by atoms with Crippen molar-refractivity contribution in [1.82, 2.24) is 10.2 Å². The first-order valence-corrected chi connectivity index (χ1v) is 9.91. The molecule has 0 spiro atoms. The molecule has 1 fully saturated rings. The van der Waals surface area contributed by atoms with Crippen molar-refractivity contribution < 1.29 is 18.7 Å². The van der Waals surface area contributed by atoms with Crippen LogP contribution in [-0.2, 0) is 11.3 Å². The summed E-state index contributed by atoms with van der Waals surface area (Å²) in [5.41, 5.74) is 2.76. The molecule has 1 amide bonds. The molecule has 0 saturated carbocycles. The summed E-state index contributed by atoms with van der Waals surface area (Å²) in [5.74, 6) is 0.674. The molecule has 2 heterocycles. The molecule has 1 aliphatic heterocycles. The highest BCUT2D eigenvalue weighted by Crippen LogP contribution is 2.32. The van der Waals surface area contributed by atoms with Gasteiger partial charge in [0.2, 0.25) is 0 Å². The van der Waals surface area contributed by atoms with Crippen LogP contribution in [-0.4, -0.2) is 44.2 Å². The molecular formula is C23H26N2O4. The second-order valence-corrected chi connectivity index (χ2v) is 7.27. The predicted octanol–water partition coefficient (Wildman–Crippen LogP) is 3.76. The number of furan rings is 1. The van der Waals surface area contributed by atoms with Gasteiger partial charge in [-0.1, -0.05) is 36.4 Å². The van der Waals surface area contributed by atoms with E-state index in [2.05, 4.69) is 10.2 Å². The number of fused-ring (bicyclic) bond motifs is 1. The number of benzene rings is 2. The zero-order valence-electron chi connectivity index (χ0n) is 16.8. The van der Waals surface area contributed by atoms with Gasteiger partial charge in [-0.2, -0.15) is 0 Å². The van der Waals surface area contributed by atoms with Crippen molar-refractivity contribution >= 4 is 16.9 Å². The van der Waals surface area contributed by atoms with Crippen LogP contribution in [0.5, 0.6) is 5.75 Å². The van der Waals surface area contributed by atoms with Crippen molar-refractivity contribution in [3.63, 3.8) is 0 Å². The van der Waals surface area contributed by atoms with Gasteiger partial charge in [-0.15, -0.1) is 0 Å². The first kappa shape index (κ1) is 19.5. The Bertz CT molecular complexity index is 977. The minimum atomic E-state index is -0.239. The van der Waals surface area contributed by atoms with Gasteiger partial charge in [0.25, 0.3) is 5.91 Å². The zero-order valence-corrected chi connectivity index (χ0v) is 16.8. The lowest BCUT2D eigenvalue weighted by atomic mass is 10.1. The Morgan fingerprint density at radius 1 is 1.17 bits per heavy atom. The molecule has 0 bridgehead atoms. The molecule has 0 radical (unpaired) electrons. The van der Waals surface area contributed by atoms with Crippen molar-refractivity contribution in [1.29, 1.82) is 0 Å².